The van der Waals surface area contributed by atoms with Gasteiger partial charge in [0.1, 0.15) is 0 Å². The molecule has 1 aliphatic rings. The van der Waals surface area contributed by atoms with Crippen molar-refractivity contribution < 1.29 is 9.00 Å². The van der Waals surface area contributed by atoms with Crippen LogP contribution in [0.2, 0.25) is 0 Å². The van der Waals surface area contributed by atoms with E-state index in [0.717, 1.165) is 25.9 Å². The molecule has 1 aliphatic heterocycles. The lowest BCUT2D eigenvalue weighted by Gasteiger charge is -2.14. The number of rotatable bonds is 4. The molecular formula is C8H14BrNO2S. The third-order valence-electron chi connectivity index (χ3n) is 2.09. The van der Waals surface area contributed by atoms with Gasteiger partial charge in [-0.3, -0.25) is 9.00 Å². The number of hydrogen-bond acceptors (Lipinski definition) is 2. The summed E-state index contributed by atoms with van der Waals surface area (Å²) in [6.07, 6.45) is 3.43. The van der Waals surface area contributed by atoms with Crippen molar-refractivity contribution in [1.29, 1.82) is 0 Å². The average molecular weight is 268 g/mol. The maximum absolute atomic E-state index is 11.4. The SMILES string of the molecule is CS(=O)CCCN1CCC(Br)C1=O. The Hall–Kier alpha value is 0.1000. The summed E-state index contributed by atoms with van der Waals surface area (Å²) in [5, 5.41) is 0. The lowest BCUT2D eigenvalue weighted by molar-refractivity contribution is -0.127. The molecule has 1 rings (SSSR count). The van der Waals surface area contributed by atoms with E-state index in [1.54, 1.807) is 6.26 Å². The average Bonchev–Trinajstić information content (AvgIpc) is 2.35. The Morgan fingerprint density at radius 1 is 1.69 bits per heavy atom. The molecule has 2 atom stereocenters. The highest BCUT2D eigenvalue weighted by atomic mass is 79.9. The van der Waals surface area contributed by atoms with Crippen molar-refractivity contribution in [3.8, 4) is 0 Å². The lowest BCUT2D eigenvalue weighted by atomic mass is 10.4. The molecule has 0 aliphatic carbocycles. The van der Waals surface area contributed by atoms with Crippen LogP contribution >= 0.6 is 15.9 Å². The summed E-state index contributed by atoms with van der Waals surface area (Å²) in [6.45, 7) is 1.59. The largest absolute Gasteiger partial charge is 0.342 e. The van der Waals surface area contributed by atoms with E-state index in [2.05, 4.69) is 15.9 Å². The molecule has 0 N–H and O–H groups in total. The Morgan fingerprint density at radius 2 is 2.38 bits per heavy atom. The molecule has 3 nitrogen and oxygen atoms in total. The van der Waals surface area contributed by atoms with Crippen LogP contribution in [-0.2, 0) is 15.6 Å². The van der Waals surface area contributed by atoms with Crippen LogP contribution in [0, 0.1) is 0 Å². The number of carbonyl (C=O) groups is 1. The molecule has 0 aromatic rings. The van der Waals surface area contributed by atoms with Crippen molar-refractivity contribution in [3.63, 3.8) is 0 Å². The Kier molecular flexibility index (Phi) is 4.38. The van der Waals surface area contributed by atoms with Crippen LogP contribution in [0.15, 0.2) is 0 Å². The zero-order valence-corrected chi connectivity index (χ0v) is 10.1. The molecule has 13 heavy (non-hydrogen) atoms. The van der Waals surface area contributed by atoms with E-state index in [0.29, 0.717) is 5.75 Å². The van der Waals surface area contributed by atoms with Crippen LogP contribution in [0.3, 0.4) is 0 Å². The third kappa shape index (κ3) is 3.38. The Morgan fingerprint density at radius 3 is 2.85 bits per heavy atom. The zero-order valence-electron chi connectivity index (χ0n) is 7.66. The van der Waals surface area contributed by atoms with E-state index in [1.165, 1.54) is 0 Å². The second kappa shape index (κ2) is 5.10. The molecule has 0 aromatic heterocycles. The second-order valence-corrected chi connectivity index (χ2v) is 5.87. The number of alkyl halides is 1. The summed E-state index contributed by atoms with van der Waals surface area (Å²) in [4.78, 5) is 13.2. The number of amides is 1. The molecule has 1 heterocycles. The highest BCUT2D eigenvalue weighted by molar-refractivity contribution is 9.10. The van der Waals surface area contributed by atoms with Crippen LogP contribution in [0.25, 0.3) is 0 Å². The van der Waals surface area contributed by atoms with Gasteiger partial charge in [0.2, 0.25) is 5.91 Å². The molecule has 0 aromatic carbocycles. The minimum Gasteiger partial charge on any atom is -0.342 e. The number of carbonyl (C=O) groups excluding carboxylic acids is 1. The summed E-state index contributed by atoms with van der Waals surface area (Å²) in [6, 6.07) is 0. The number of nitrogens with zero attached hydrogens (tertiary/aromatic N) is 1. The molecule has 5 heteroatoms. The standard InChI is InChI=1S/C8H14BrNO2S/c1-13(12)6-2-4-10-5-3-7(9)8(10)11/h7H,2-6H2,1H3. The van der Waals surface area contributed by atoms with E-state index in [4.69, 9.17) is 0 Å². The van der Waals surface area contributed by atoms with Crippen LogP contribution in [0.5, 0.6) is 0 Å². The Bertz CT molecular complexity index is 222. The molecule has 0 radical (unpaired) electrons. The number of likely N-dealkylation sites (tertiary alicyclic amines) is 1. The van der Waals surface area contributed by atoms with Crippen molar-refractivity contribution in [1.82, 2.24) is 4.90 Å². The predicted octanol–water partition coefficient (Wildman–Crippen LogP) is 0.751. The van der Waals surface area contributed by atoms with Gasteiger partial charge in [-0.15, -0.1) is 0 Å². The Labute approximate surface area is 89.5 Å². The second-order valence-electron chi connectivity index (χ2n) is 3.21. The topological polar surface area (TPSA) is 37.4 Å². The van der Waals surface area contributed by atoms with Crippen LogP contribution < -0.4 is 0 Å². The van der Waals surface area contributed by atoms with Crippen LogP contribution in [0.1, 0.15) is 12.8 Å². The fourth-order valence-corrected chi connectivity index (χ4v) is 2.41. The summed E-state index contributed by atoms with van der Waals surface area (Å²) in [7, 11) is -0.735. The molecule has 1 amide bonds. The van der Waals surface area contributed by atoms with Crippen molar-refractivity contribution in [2.75, 3.05) is 25.1 Å². The molecule has 0 spiro atoms. The van der Waals surface area contributed by atoms with Gasteiger partial charge in [-0.2, -0.15) is 0 Å². The minimum atomic E-state index is -0.735. The van der Waals surface area contributed by atoms with E-state index < -0.39 is 10.8 Å². The maximum atomic E-state index is 11.4. The maximum Gasteiger partial charge on any atom is 0.236 e. The lowest BCUT2D eigenvalue weighted by Crippen LogP contribution is -2.29. The predicted molar refractivity (Wildman–Crippen MR) is 57.5 cm³/mol. The molecule has 1 fully saturated rings. The molecule has 2 unspecified atom stereocenters. The highest BCUT2D eigenvalue weighted by Crippen LogP contribution is 2.18. The van der Waals surface area contributed by atoms with E-state index in [1.807, 2.05) is 4.90 Å². The molecule has 0 bridgehead atoms. The normalized spacial score (nSPS) is 25.2. The van der Waals surface area contributed by atoms with E-state index in [-0.39, 0.29) is 10.7 Å². The van der Waals surface area contributed by atoms with Crippen molar-refractivity contribution in [2.45, 2.75) is 17.7 Å². The first-order valence-electron chi connectivity index (χ1n) is 4.34. The quantitative estimate of drug-likeness (QED) is 0.706. The van der Waals surface area contributed by atoms with Crippen LogP contribution in [0.4, 0.5) is 0 Å². The first-order valence-corrected chi connectivity index (χ1v) is 6.98. The van der Waals surface area contributed by atoms with E-state index >= 15 is 0 Å². The molecular weight excluding hydrogens is 254 g/mol. The smallest absolute Gasteiger partial charge is 0.236 e. The molecule has 1 saturated heterocycles. The summed E-state index contributed by atoms with van der Waals surface area (Å²) in [5.41, 5.74) is 0. The third-order valence-corrected chi connectivity index (χ3v) is 3.81. The van der Waals surface area contributed by atoms with Gasteiger partial charge in [0, 0.05) is 35.9 Å². The van der Waals surface area contributed by atoms with Crippen molar-refractivity contribution in [2.24, 2.45) is 0 Å². The number of halogens is 1. The van der Waals surface area contributed by atoms with Gasteiger partial charge in [0.15, 0.2) is 0 Å². The molecule has 76 valence electrons. The van der Waals surface area contributed by atoms with Gasteiger partial charge in [0.05, 0.1) is 4.83 Å². The van der Waals surface area contributed by atoms with Gasteiger partial charge < -0.3 is 4.90 Å². The highest BCUT2D eigenvalue weighted by Gasteiger charge is 2.28. The van der Waals surface area contributed by atoms with Gasteiger partial charge in [0.25, 0.3) is 0 Å². The van der Waals surface area contributed by atoms with Gasteiger partial charge in [-0.25, -0.2) is 0 Å². The van der Waals surface area contributed by atoms with Gasteiger partial charge in [-0.05, 0) is 12.8 Å². The van der Waals surface area contributed by atoms with Crippen molar-refractivity contribution >= 4 is 32.6 Å². The summed E-state index contributed by atoms with van der Waals surface area (Å²) >= 11 is 3.31. The Balaban J connectivity index is 2.23. The fraction of sp³-hybridized carbons (Fsp3) is 0.875. The number of hydrogen-bond donors (Lipinski definition) is 0. The zero-order chi connectivity index (χ0) is 9.84. The van der Waals surface area contributed by atoms with Crippen LogP contribution in [-0.4, -0.2) is 44.9 Å². The van der Waals surface area contributed by atoms with Crippen molar-refractivity contribution in [3.05, 3.63) is 0 Å². The summed E-state index contributed by atoms with van der Waals surface area (Å²) < 4.78 is 10.8. The van der Waals surface area contributed by atoms with E-state index in [9.17, 15) is 9.00 Å². The first-order chi connectivity index (χ1) is 6.11. The van der Waals surface area contributed by atoms with Gasteiger partial charge >= 0.3 is 0 Å². The first kappa shape index (κ1) is 11.2. The monoisotopic (exact) mass is 267 g/mol. The minimum absolute atomic E-state index is 0.0135. The fourth-order valence-electron chi connectivity index (χ4n) is 1.38. The van der Waals surface area contributed by atoms with Gasteiger partial charge in [-0.1, -0.05) is 15.9 Å². The molecule has 0 saturated carbocycles. The summed E-state index contributed by atoms with van der Waals surface area (Å²) in [5.74, 6) is 0.874.